The van der Waals surface area contributed by atoms with E-state index in [-0.39, 0.29) is 0 Å². The highest BCUT2D eigenvalue weighted by molar-refractivity contribution is 5.94. The van der Waals surface area contributed by atoms with Crippen LogP contribution in [0.3, 0.4) is 0 Å². The van der Waals surface area contributed by atoms with Crippen LogP contribution in [0.5, 0.6) is 5.75 Å². The summed E-state index contributed by atoms with van der Waals surface area (Å²) in [7, 11) is 0. The molecule has 1 aromatic carbocycles. The topological polar surface area (TPSA) is 276 Å². The Morgan fingerprint density at radius 3 is 1.92 bits per heavy atom. The van der Waals surface area contributed by atoms with Gasteiger partial charge in [-0.1, -0.05) is 0 Å². The van der Waals surface area contributed by atoms with E-state index in [1.807, 2.05) is 0 Å². The second-order valence-electron chi connectivity index (χ2n) is 8.10. The van der Waals surface area contributed by atoms with Gasteiger partial charge in [-0.2, -0.15) is 0 Å². The molecule has 2 fully saturated rings. The van der Waals surface area contributed by atoms with Crippen LogP contribution in [0.2, 0.25) is 0 Å². The van der Waals surface area contributed by atoms with Crippen LogP contribution in [0.4, 0.5) is 0 Å². The Hall–Kier alpha value is -2.93. The molecule has 2 aliphatic heterocycles. The number of nitrogens with two attached hydrogens (primary N) is 1. The maximum Gasteiger partial charge on any atom is 0.335 e. The Kier molecular flexibility index (Phi) is 8.44. The van der Waals surface area contributed by atoms with Gasteiger partial charge in [-0.05, 0) is 18.2 Å². The summed E-state index contributed by atoms with van der Waals surface area (Å²) < 4.78 is 21.1. The molecule has 16 heteroatoms. The number of carbonyl (C=O) groups is 3. The normalized spacial score (nSPS) is 36.7. The van der Waals surface area contributed by atoms with Crippen molar-refractivity contribution in [3.63, 3.8) is 0 Å². The fourth-order valence-electron chi connectivity index (χ4n) is 3.71. The fourth-order valence-corrected chi connectivity index (χ4v) is 3.71. The number of aliphatic carboxylic acids is 1. The van der Waals surface area contributed by atoms with Crippen LogP contribution < -0.4 is 10.5 Å². The molecule has 2 saturated heterocycles. The zero-order valence-electron chi connectivity index (χ0n) is 18.2. The number of carboxylic acid groups (broad SMARTS) is 3. The van der Waals surface area contributed by atoms with Gasteiger partial charge in [-0.15, -0.1) is 0 Å². The number of benzene rings is 1. The molecule has 200 valence electrons. The van der Waals surface area contributed by atoms with Crippen LogP contribution in [-0.4, -0.2) is 127 Å². The van der Waals surface area contributed by atoms with Gasteiger partial charge in [0.05, 0.1) is 23.8 Å². The Bertz CT molecular complexity index is 954. The number of ether oxygens (including phenoxy) is 4. The highest BCUT2D eigenvalue weighted by Crippen LogP contribution is 2.30. The van der Waals surface area contributed by atoms with Crippen molar-refractivity contribution in [2.24, 2.45) is 5.73 Å². The first-order valence-corrected chi connectivity index (χ1v) is 10.4. The van der Waals surface area contributed by atoms with Crippen molar-refractivity contribution in [1.29, 1.82) is 0 Å². The first-order chi connectivity index (χ1) is 16.8. The summed E-state index contributed by atoms with van der Waals surface area (Å²) in [5, 5.41) is 78.3. The molecule has 0 saturated carbocycles. The Morgan fingerprint density at radius 1 is 0.833 bits per heavy atom. The number of carboxylic acids is 3. The predicted molar refractivity (Wildman–Crippen MR) is 110 cm³/mol. The Balaban J connectivity index is 1.83. The molecule has 0 amide bonds. The quantitative estimate of drug-likeness (QED) is 0.159. The molecule has 3 rings (SSSR count). The number of aliphatic hydroxyl groups excluding tert-OH is 5. The Morgan fingerprint density at radius 2 is 1.42 bits per heavy atom. The van der Waals surface area contributed by atoms with Gasteiger partial charge in [-0.25, -0.2) is 14.4 Å². The molecule has 2 aliphatic rings. The average molecular weight is 519 g/mol. The fraction of sp³-hybridized carbons (Fsp3) is 0.550. The average Bonchev–Trinajstić information content (AvgIpc) is 2.83. The molecule has 36 heavy (non-hydrogen) atoms. The summed E-state index contributed by atoms with van der Waals surface area (Å²) in [6.07, 6.45) is -16.1. The van der Waals surface area contributed by atoms with E-state index in [9.17, 15) is 55.2 Å². The maximum atomic E-state index is 11.9. The third kappa shape index (κ3) is 5.56. The zero-order valence-corrected chi connectivity index (χ0v) is 18.2. The lowest BCUT2D eigenvalue weighted by Crippen LogP contribution is -2.67. The molecule has 0 aromatic heterocycles. The lowest BCUT2D eigenvalue weighted by Gasteiger charge is -2.45. The van der Waals surface area contributed by atoms with Crippen LogP contribution in [-0.2, 0) is 19.0 Å². The van der Waals surface area contributed by atoms with Gasteiger partial charge in [0.25, 0.3) is 0 Å². The van der Waals surface area contributed by atoms with E-state index in [2.05, 4.69) is 0 Å². The lowest BCUT2D eigenvalue weighted by atomic mass is 9.96. The molecule has 0 radical (unpaired) electrons. The highest BCUT2D eigenvalue weighted by atomic mass is 16.7. The Labute approximate surface area is 201 Å². The van der Waals surface area contributed by atoms with E-state index in [1.54, 1.807) is 0 Å². The van der Waals surface area contributed by atoms with Gasteiger partial charge in [-0.3, -0.25) is 0 Å². The van der Waals surface area contributed by atoms with Crippen LogP contribution >= 0.6 is 0 Å². The summed E-state index contributed by atoms with van der Waals surface area (Å²) in [5.41, 5.74) is 4.78. The summed E-state index contributed by atoms with van der Waals surface area (Å²) >= 11 is 0. The molecule has 10 N–H and O–H groups in total. The smallest absolute Gasteiger partial charge is 0.335 e. The van der Waals surface area contributed by atoms with Gasteiger partial charge in [0.15, 0.2) is 12.4 Å². The molecule has 0 bridgehead atoms. The molecule has 0 spiro atoms. The van der Waals surface area contributed by atoms with Gasteiger partial charge < -0.3 is 65.5 Å². The number of aromatic carboxylic acids is 2. The van der Waals surface area contributed by atoms with Gasteiger partial charge >= 0.3 is 17.9 Å². The van der Waals surface area contributed by atoms with Crippen molar-refractivity contribution >= 4 is 17.9 Å². The molecular weight excluding hydrogens is 494 g/mol. The van der Waals surface area contributed by atoms with E-state index < -0.39 is 103 Å². The monoisotopic (exact) mass is 519 g/mol. The van der Waals surface area contributed by atoms with Gasteiger partial charge in [0.1, 0.15) is 42.4 Å². The van der Waals surface area contributed by atoms with Crippen molar-refractivity contribution in [2.45, 2.75) is 61.3 Å². The molecular formula is C20H25NO15. The van der Waals surface area contributed by atoms with Gasteiger partial charge in [0.2, 0.25) is 6.29 Å². The van der Waals surface area contributed by atoms with Crippen molar-refractivity contribution < 1.29 is 74.2 Å². The molecule has 16 nitrogen and oxygen atoms in total. The van der Waals surface area contributed by atoms with Crippen molar-refractivity contribution in [1.82, 2.24) is 0 Å². The maximum absolute atomic E-state index is 11.9. The molecule has 2 heterocycles. The summed E-state index contributed by atoms with van der Waals surface area (Å²) in [5.74, 6) is -5.12. The second kappa shape index (κ2) is 11.0. The molecule has 0 unspecified atom stereocenters. The summed E-state index contributed by atoms with van der Waals surface area (Å²) in [6.45, 7) is -0.761. The SMILES string of the molecule is N[C@H]1[C@@H](O[C@H]2[C@H](O)[C@@H](O)[C@H](Oc3cc(C(=O)O)cc(C(=O)O)c3)O[C@@H]2C(=O)O)O[C@H](CO)[C@@H](O)[C@@H]1O. The number of rotatable bonds is 8. The highest BCUT2D eigenvalue weighted by Gasteiger charge is 2.53. The number of hydrogen-bond donors (Lipinski definition) is 9. The largest absolute Gasteiger partial charge is 0.479 e. The molecule has 0 aliphatic carbocycles. The van der Waals surface area contributed by atoms with Crippen molar-refractivity contribution in [2.75, 3.05) is 6.61 Å². The first-order valence-electron chi connectivity index (χ1n) is 10.4. The van der Waals surface area contributed by atoms with Crippen molar-refractivity contribution in [3.8, 4) is 5.75 Å². The summed E-state index contributed by atoms with van der Waals surface area (Å²) in [6, 6.07) is 1.18. The second-order valence-corrected chi connectivity index (χ2v) is 8.10. The van der Waals surface area contributed by atoms with Crippen LogP contribution in [0.25, 0.3) is 0 Å². The zero-order chi connectivity index (χ0) is 26.9. The van der Waals surface area contributed by atoms with E-state index in [0.29, 0.717) is 0 Å². The van der Waals surface area contributed by atoms with Crippen LogP contribution in [0.1, 0.15) is 20.7 Å². The minimum absolute atomic E-state index is 0.424. The van der Waals surface area contributed by atoms with Crippen molar-refractivity contribution in [3.05, 3.63) is 29.3 Å². The number of aliphatic hydroxyl groups is 5. The standard InChI is InChI=1S/C20H25NO15/c21-9-11(24)10(23)8(4-22)34-19(9)35-14-12(25)13(26)20(36-15(14)18(31)32)33-7-2-5(16(27)28)1-6(3-7)17(29)30/h1-3,8-15,19-20,22-26H,4,21H2,(H,27,28)(H,29,30)(H,31,32)/t8-,9-,10-,11-,12-,13-,14+,15+,19-,20-/m1/s1. The summed E-state index contributed by atoms with van der Waals surface area (Å²) in [4.78, 5) is 34.4. The molecule has 10 atom stereocenters. The van der Waals surface area contributed by atoms with Crippen LogP contribution in [0, 0.1) is 0 Å². The van der Waals surface area contributed by atoms with E-state index in [1.165, 1.54) is 0 Å². The predicted octanol–water partition coefficient (Wildman–Crippen LogP) is -3.86. The van der Waals surface area contributed by atoms with E-state index in [4.69, 9.17) is 24.7 Å². The lowest BCUT2D eigenvalue weighted by molar-refractivity contribution is -0.330. The minimum atomic E-state index is -2.04. The van der Waals surface area contributed by atoms with E-state index >= 15 is 0 Å². The molecule has 1 aromatic rings. The number of hydrogen-bond acceptors (Lipinski definition) is 13. The van der Waals surface area contributed by atoms with Crippen LogP contribution in [0.15, 0.2) is 18.2 Å². The minimum Gasteiger partial charge on any atom is -0.479 e. The third-order valence-corrected chi connectivity index (χ3v) is 5.66. The van der Waals surface area contributed by atoms with Gasteiger partial charge in [0, 0.05) is 0 Å². The van der Waals surface area contributed by atoms with E-state index in [0.717, 1.165) is 18.2 Å². The first kappa shape index (κ1) is 27.7. The third-order valence-electron chi connectivity index (χ3n) is 5.66.